The van der Waals surface area contributed by atoms with Crippen LogP contribution in [0.25, 0.3) is 11.8 Å². The highest BCUT2D eigenvalue weighted by Crippen LogP contribution is 2.15. The number of aromatic nitrogens is 3. The molecule has 5 heteroatoms. The smallest absolute Gasteiger partial charge is 0.328 e. The van der Waals surface area contributed by atoms with Crippen molar-refractivity contribution >= 4 is 12.0 Å². The lowest BCUT2D eigenvalue weighted by atomic mass is 10.1. The topological polar surface area (TPSA) is 68.0 Å². The Hall–Kier alpha value is -2.43. The molecule has 86 valence electrons. The van der Waals surface area contributed by atoms with Crippen molar-refractivity contribution in [1.82, 2.24) is 14.8 Å². The summed E-state index contributed by atoms with van der Waals surface area (Å²) in [6, 6.07) is 5.64. The van der Waals surface area contributed by atoms with Gasteiger partial charge >= 0.3 is 5.97 Å². The Bertz CT molecular complexity index is 559. The van der Waals surface area contributed by atoms with Gasteiger partial charge in [0.05, 0.1) is 5.69 Å². The monoisotopic (exact) mass is 229 g/mol. The zero-order valence-corrected chi connectivity index (χ0v) is 9.24. The van der Waals surface area contributed by atoms with Crippen molar-refractivity contribution in [1.29, 1.82) is 0 Å². The summed E-state index contributed by atoms with van der Waals surface area (Å²) in [6.45, 7) is 1.96. The fourth-order valence-corrected chi connectivity index (χ4v) is 1.48. The molecule has 0 radical (unpaired) electrons. The van der Waals surface area contributed by atoms with E-state index in [-0.39, 0.29) is 0 Å². The normalized spacial score (nSPS) is 10.9. The Kier molecular flexibility index (Phi) is 3.00. The van der Waals surface area contributed by atoms with E-state index in [1.165, 1.54) is 6.33 Å². The highest BCUT2D eigenvalue weighted by molar-refractivity contribution is 5.85. The van der Waals surface area contributed by atoms with E-state index in [4.69, 9.17) is 5.11 Å². The van der Waals surface area contributed by atoms with E-state index in [1.54, 1.807) is 17.1 Å². The second-order valence-corrected chi connectivity index (χ2v) is 3.56. The fraction of sp³-hybridized carbons (Fsp3) is 0.0833. The molecular formula is C12H11N3O2. The van der Waals surface area contributed by atoms with E-state index in [0.29, 0.717) is 0 Å². The number of carbonyl (C=O) groups is 1. The molecule has 0 atom stereocenters. The number of hydrogen-bond donors (Lipinski definition) is 1. The summed E-state index contributed by atoms with van der Waals surface area (Å²) in [5, 5.41) is 12.6. The van der Waals surface area contributed by atoms with E-state index in [9.17, 15) is 4.79 Å². The van der Waals surface area contributed by atoms with Crippen LogP contribution in [0.15, 0.2) is 36.9 Å². The molecule has 0 unspecified atom stereocenters. The van der Waals surface area contributed by atoms with Gasteiger partial charge in [-0.05, 0) is 30.2 Å². The van der Waals surface area contributed by atoms with Gasteiger partial charge in [-0.2, -0.15) is 5.10 Å². The largest absolute Gasteiger partial charge is 0.478 e. The first kappa shape index (κ1) is 11.1. The minimum atomic E-state index is -0.965. The molecule has 1 heterocycles. The average Bonchev–Trinajstić information content (AvgIpc) is 2.81. The zero-order valence-electron chi connectivity index (χ0n) is 9.24. The van der Waals surface area contributed by atoms with Gasteiger partial charge in [0.2, 0.25) is 0 Å². The Balaban J connectivity index is 2.40. The summed E-state index contributed by atoms with van der Waals surface area (Å²) in [6.07, 6.45) is 5.71. The second kappa shape index (κ2) is 4.61. The Labute approximate surface area is 98.0 Å². The van der Waals surface area contributed by atoms with Crippen molar-refractivity contribution in [3.05, 3.63) is 48.1 Å². The first-order valence-corrected chi connectivity index (χ1v) is 5.03. The molecule has 2 aromatic rings. The molecule has 0 bridgehead atoms. The first-order chi connectivity index (χ1) is 8.16. The number of aryl methyl sites for hydroxylation is 1. The number of benzene rings is 1. The third-order valence-corrected chi connectivity index (χ3v) is 2.32. The molecule has 0 aliphatic heterocycles. The summed E-state index contributed by atoms with van der Waals surface area (Å²) in [5.41, 5.74) is 2.74. The van der Waals surface area contributed by atoms with Gasteiger partial charge in [0.25, 0.3) is 0 Å². The van der Waals surface area contributed by atoms with Gasteiger partial charge in [-0.1, -0.05) is 12.1 Å². The van der Waals surface area contributed by atoms with Gasteiger partial charge in [0.15, 0.2) is 0 Å². The van der Waals surface area contributed by atoms with Crippen LogP contribution in [0, 0.1) is 6.92 Å². The molecule has 5 nitrogen and oxygen atoms in total. The van der Waals surface area contributed by atoms with Gasteiger partial charge in [0.1, 0.15) is 12.7 Å². The Morgan fingerprint density at radius 2 is 2.29 bits per heavy atom. The summed E-state index contributed by atoms with van der Waals surface area (Å²) >= 11 is 0. The molecule has 0 saturated heterocycles. The molecule has 0 aliphatic carbocycles. The molecule has 2 rings (SSSR count). The van der Waals surface area contributed by atoms with Gasteiger partial charge in [-0.25, -0.2) is 14.5 Å². The van der Waals surface area contributed by atoms with Gasteiger partial charge in [-0.3, -0.25) is 0 Å². The number of rotatable bonds is 3. The van der Waals surface area contributed by atoms with Crippen LogP contribution >= 0.6 is 0 Å². The van der Waals surface area contributed by atoms with Crippen molar-refractivity contribution in [2.24, 2.45) is 0 Å². The molecule has 0 amide bonds. The van der Waals surface area contributed by atoms with Gasteiger partial charge in [0, 0.05) is 6.08 Å². The standard InChI is InChI=1S/C12H11N3O2/c1-9-2-3-10(4-5-12(16)17)6-11(9)15-8-13-7-14-15/h2-8H,1H3,(H,16,17)/b5-4+. The van der Waals surface area contributed by atoms with Crippen molar-refractivity contribution < 1.29 is 9.90 Å². The maximum absolute atomic E-state index is 10.4. The summed E-state index contributed by atoms with van der Waals surface area (Å²) in [7, 11) is 0. The molecule has 1 aromatic carbocycles. The molecule has 0 saturated carbocycles. The van der Waals surface area contributed by atoms with Gasteiger partial charge < -0.3 is 5.11 Å². The minimum Gasteiger partial charge on any atom is -0.478 e. The molecule has 1 N–H and O–H groups in total. The Morgan fingerprint density at radius 1 is 1.47 bits per heavy atom. The van der Waals surface area contributed by atoms with E-state index in [0.717, 1.165) is 22.9 Å². The number of carboxylic acids is 1. The molecule has 0 spiro atoms. The van der Waals surface area contributed by atoms with Crippen LogP contribution in [0.3, 0.4) is 0 Å². The number of aliphatic carboxylic acids is 1. The van der Waals surface area contributed by atoms with E-state index >= 15 is 0 Å². The fourth-order valence-electron chi connectivity index (χ4n) is 1.48. The van der Waals surface area contributed by atoms with Crippen LogP contribution < -0.4 is 0 Å². The van der Waals surface area contributed by atoms with E-state index in [1.807, 2.05) is 25.1 Å². The lowest BCUT2D eigenvalue weighted by Crippen LogP contribution is -1.97. The van der Waals surface area contributed by atoms with Gasteiger partial charge in [-0.15, -0.1) is 0 Å². The van der Waals surface area contributed by atoms with E-state index in [2.05, 4.69) is 10.1 Å². The number of nitrogens with zero attached hydrogens (tertiary/aromatic N) is 3. The predicted octanol–water partition coefficient (Wildman–Crippen LogP) is 1.67. The van der Waals surface area contributed by atoms with Crippen LogP contribution in [0.1, 0.15) is 11.1 Å². The predicted molar refractivity (Wildman–Crippen MR) is 62.8 cm³/mol. The summed E-state index contributed by atoms with van der Waals surface area (Å²) in [5.74, 6) is -0.965. The van der Waals surface area contributed by atoms with E-state index < -0.39 is 5.97 Å². The van der Waals surface area contributed by atoms with Crippen LogP contribution in [0.4, 0.5) is 0 Å². The molecular weight excluding hydrogens is 218 g/mol. The Morgan fingerprint density at radius 3 is 2.94 bits per heavy atom. The average molecular weight is 229 g/mol. The van der Waals surface area contributed by atoms with Crippen molar-refractivity contribution in [3.8, 4) is 5.69 Å². The number of carboxylic acid groups (broad SMARTS) is 1. The van der Waals surface area contributed by atoms with Crippen LogP contribution in [0.5, 0.6) is 0 Å². The zero-order chi connectivity index (χ0) is 12.3. The molecule has 0 aliphatic rings. The molecule has 0 fully saturated rings. The minimum absolute atomic E-state index is 0.809. The first-order valence-electron chi connectivity index (χ1n) is 5.03. The number of hydrogen-bond acceptors (Lipinski definition) is 3. The molecule has 17 heavy (non-hydrogen) atoms. The summed E-state index contributed by atoms with van der Waals surface area (Å²) in [4.78, 5) is 14.3. The summed E-state index contributed by atoms with van der Waals surface area (Å²) < 4.78 is 1.65. The SMILES string of the molecule is Cc1ccc(/C=C/C(=O)O)cc1-n1cncn1. The third-order valence-electron chi connectivity index (χ3n) is 2.32. The maximum atomic E-state index is 10.4. The van der Waals surface area contributed by atoms with Crippen LogP contribution in [-0.4, -0.2) is 25.8 Å². The van der Waals surface area contributed by atoms with Crippen molar-refractivity contribution in [2.75, 3.05) is 0 Å². The van der Waals surface area contributed by atoms with Crippen molar-refractivity contribution in [2.45, 2.75) is 6.92 Å². The third kappa shape index (κ3) is 2.57. The second-order valence-electron chi connectivity index (χ2n) is 3.56. The van der Waals surface area contributed by atoms with Crippen LogP contribution in [0.2, 0.25) is 0 Å². The lowest BCUT2D eigenvalue weighted by molar-refractivity contribution is -0.131. The quantitative estimate of drug-likeness (QED) is 0.813. The van der Waals surface area contributed by atoms with Crippen molar-refractivity contribution in [3.63, 3.8) is 0 Å². The molecule has 1 aromatic heterocycles. The maximum Gasteiger partial charge on any atom is 0.328 e. The van der Waals surface area contributed by atoms with Crippen LogP contribution in [-0.2, 0) is 4.79 Å². The highest BCUT2D eigenvalue weighted by Gasteiger charge is 2.02. The highest BCUT2D eigenvalue weighted by atomic mass is 16.4. The lowest BCUT2D eigenvalue weighted by Gasteiger charge is -2.05.